The first-order chi connectivity index (χ1) is 9.79. The smallest absolute Gasteiger partial charge is 0.147 e. The van der Waals surface area contributed by atoms with E-state index in [4.69, 9.17) is 33.7 Å². The highest BCUT2D eigenvalue weighted by Crippen LogP contribution is 2.38. The van der Waals surface area contributed by atoms with Gasteiger partial charge in [0.25, 0.3) is 0 Å². The monoisotopic (exact) mass is 391 g/mol. The lowest BCUT2D eigenvalue weighted by Gasteiger charge is -2.16. The Kier molecular flexibility index (Phi) is 5.15. The Labute approximate surface area is 141 Å². The molecule has 2 aromatic rings. The van der Waals surface area contributed by atoms with Crippen LogP contribution in [-0.4, -0.2) is 0 Å². The van der Waals surface area contributed by atoms with E-state index < -0.39 is 0 Å². The molecule has 0 bridgehead atoms. The summed E-state index contributed by atoms with van der Waals surface area (Å²) in [6, 6.07) is 5.84. The van der Waals surface area contributed by atoms with E-state index in [1.165, 1.54) is 6.07 Å². The second kappa shape index (κ2) is 6.53. The Morgan fingerprint density at radius 2 is 1.81 bits per heavy atom. The summed E-state index contributed by atoms with van der Waals surface area (Å²) in [6.07, 6.45) is 0. The van der Waals surface area contributed by atoms with Crippen LogP contribution in [0, 0.1) is 12.7 Å². The minimum atomic E-state index is -0.375. The third kappa shape index (κ3) is 3.69. The molecule has 0 unspecified atom stereocenters. The molecule has 0 aliphatic rings. The van der Waals surface area contributed by atoms with E-state index in [1.807, 2.05) is 0 Å². The van der Waals surface area contributed by atoms with Gasteiger partial charge < -0.3 is 10.5 Å². The molecule has 2 rings (SSSR count). The molecule has 0 heterocycles. The average molecular weight is 393 g/mol. The van der Waals surface area contributed by atoms with Gasteiger partial charge in [-0.2, -0.15) is 0 Å². The summed E-state index contributed by atoms with van der Waals surface area (Å²) < 4.78 is 20.2. The van der Waals surface area contributed by atoms with Crippen LogP contribution >= 0.6 is 39.1 Å². The predicted molar refractivity (Wildman–Crippen MR) is 88.0 cm³/mol. The summed E-state index contributed by atoms with van der Waals surface area (Å²) in [5, 5.41) is 0.861. The maximum atomic E-state index is 13.7. The summed E-state index contributed by atoms with van der Waals surface area (Å²) in [6.45, 7) is 3.41. The van der Waals surface area contributed by atoms with Crippen LogP contribution in [0.3, 0.4) is 0 Å². The number of aryl methyl sites for hydroxylation is 1. The van der Waals surface area contributed by atoms with Crippen molar-refractivity contribution < 1.29 is 9.13 Å². The molecule has 2 N–H and O–H groups in total. The van der Waals surface area contributed by atoms with Gasteiger partial charge in [0.05, 0.1) is 10.0 Å². The number of ether oxygens (including phenoxy) is 1. The molecule has 2 nitrogen and oxygen atoms in total. The van der Waals surface area contributed by atoms with Gasteiger partial charge in [-0.1, -0.05) is 23.2 Å². The molecular formula is C15H13BrCl2FNO. The maximum absolute atomic E-state index is 13.7. The molecule has 6 heteroatoms. The third-order valence-corrected chi connectivity index (χ3v) is 4.47. The predicted octanol–water partition coefficient (Wildman–Crippen LogP) is 6.02. The molecule has 112 valence electrons. The Balaban J connectivity index is 2.48. The highest BCUT2D eigenvalue weighted by Gasteiger charge is 2.15. The molecule has 0 aliphatic carbocycles. The molecule has 0 radical (unpaired) electrons. The molecule has 2 aromatic carbocycles. The van der Waals surface area contributed by atoms with Gasteiger partial charge in [0.15, 0.2) is 0 Å². The Morgan fingerprint density at radius 1 is 1.14 bits per heavy atom. The van der Waals surface area contributed by atoms with E-state index in [0.29, 0.717) is 37.1 Å². The van der Waals surface area contributed by atoms with Crippen LogP contribution in [-0.2, 0) is 0 Å². The zero-order valence-electron chi connectivity index (χ0n) is 11.4. The number of halogens is 4. The lowest BCUT2D eigenvalue weighted by Crippen LogP contribution is -2.08. The van der Waals surface area contributed by atoms with Gasteiger partial charge in [-0.05, 0) is 53.5 Å². The summed E-state index contributed by atoms with van der Waals surface area (Å²) in [4.78, 5) is 0. The summed E-state index contributed by atoms with van der Waals surface area (Å²) in [7, 11) is 0. The summed E-state index contributed by atoms with van der Waals surface area (Å²) >= 11 is 15.5. The number of benzene rings is 2. The van der Waals surface area contributed by atoms with Crippen LogP contribution in [0.1, 0.15) is 24.1 Å². The van der Waals surface area contributed by atoms with Crippen molar-refractivity contribution in [3.63, 3.8) is 0 Å². The topological polar surface area (TPSA) is 35.2 Å². The summed E-state index contributed by atoms with van der Waals surface area (Å²) in [5.74, 6) is 0.525. The zero-order valence-corrected chi connectivity index (χ0v) is 14.5. The second-order valence-corrected chi connectivity index (χ2v) is 6.40. The van der Waals surface area contributed by atoms with Crippen LogP contribution < -0.4 is 10.5 Å². The minimum Gasteiger partial charge on any atom is -0.455 e. The number of rotatable bonds is 3. The number of hydrogen-bond donors (Lipinski definition) is 1. The van der Waals surface area contributed by atoms with Crippen LogP contribution in [0.25, 0.3) is 0 Å². The molecule has 0 saturated heterocycles. The van der Waals surface area contributed by atoms with Crippen LogP contribution in [0.5, 0.6) is 11.5 Å². The fraction of sp³-hybridized carbons (Fsp3) is 0.200. The zero-order chi connectivity index (χ0) is 15.7. The molecule has 1 atom stereocenters. The van der Waals surface area contributed by atoms with E-state index in [-0.39, 0.29) is 11.9 Å². The van der Waals surface area contributed by atoms with Crippen molar-refractivity contribution in [2.45, 2.75) is 19.9 Å². The standard InChI is InChI=1S/C15H13BrCl2FNO/c1-7-3-14(9(8(2)20)4-13(7)19)21-15-6-11(17)10(16)5-12(15)18/h3-6,8H,20H2,1-2H3/t8-/m0/s1. The van der Waals surface area contributed by atoms with E-state index in [9.17, 15) is 4.39 Å². The van der Waals surface area contributed by atoms with Gasteiger partial charge >= 0.3 is 0 Å². The molecule has 0 saturated carbocycles. The van der Waals surface area contributed by atoms with Gasteiger partial charge in [-0.3, -0.25) is 0 Å². The Hall–Kier alpha value is -0.810. The van der Waals surface area contributed by atoms with Crippen molar-refractivity contribution in [3.8, 4) is 11.5 Å². The quantitative estimate of drug-likeness (QED) is 0.648. The van der Waals surface area contributed by atoms with Gasteiger partial charge in [-0.25, -0.2) is 4.39 Å². The Bertz CT molecular complexity index is 692. The first-order valence-corrected chi connectivity index (χ1v) is 7.72. The normalized spacial score (nSPS) is 12.3. The van der Waals surface area contributed by atoms with Crippen molar-refractivity contribution in [3.05, 3.63) is 55.7 Å². The molecule has 0 aromatic heterocycles. The van der Waals surface area contributed by atoms with Crippen molar-refractivity contribution in [1.29, 1.82) is 0 Å². The summed E-state index contributed by atoms with van der Waals surface area (Å²) in [5.41, 5.74) is 6.90. The van der Waals surface area contributed by atoms with Gasteiger partial charge in [-0.15, -0.1) is 0 Å². The van der Waals surface area contributed by atoms with Crippen molar-refractivity contribution in [2.24, 2.45) is 5.73 Å². The van der Waals surface area contributed by atoms with Crippen LogP contribution in [0.15, 0.2) is 28.7 Å². The van der Waals surface area contributed by atoms with E-state index in [2.05, 4.69) is 15.9 Å². The van der Waals surface area contributed by atoms with Crippen LogP contribution in [0.4, 0.5) is 4.39 Å². The molecule has 21 heavy (non-hydrogen) atoms. The maximum Gasteiger partial charge on any atom is 0.147 e. The molecule has 0 aliphatic heterocycles. The number of hydrogen-bond acceptors (Lipinski definition) is 2. The first-order valence-electron chi connectivity index (χ1n) is 6.17. The second-order valence-electron chi connectivity index (χ2n) is 4.73. The van der Waals surface area contributed by atoms with Gasteiger partial charge in [0, 0.05) is 22.1 Å². The van der Waals surface area contributed by atoms with Crippen LogP contribution in [0.2, 0.25) is 10.0 Å². The molecule has 0 spiro atoms. The Morgan fingerprint density at radius 3 is 2.43 bits per heavy atom. The van der Waals surface area contributed by atoms with Crippen molar-refractivity contribution in [2.75, 3.05) is 0 Å². The van der Waals surface area contributed by atoms with E-state index in [1.54, 1.807) is 32.0 Å². The molecule has 0 fully saturated rings. The average Bonchev–Trinajstić information content (AvgIpc) is 2.39. The largest absolute Gasteiger partial charge is 0.455 e. The van der Waals surface area contributed by atoms with E-state index >= 15 is 0 Å². The number of nitrogens with two attached hydrogens (primary N) is 1. The lowest BCUT2D eigenvalue weighted by molar-refractivity contribution is 0.468. The minimum absolute atomic E-state index is 0.324. The molecular weight excluding hydrogens is 380 g/mol. The third-order valence-electron chi connectivity index (χ3n) is 2.98. The fourth-order valence-corrected chi connectivity index (χ4v) is 2.65. The highest BCUT2D eigenvalue weighted by molar-refractivity contribution is 9.10. The van der Waals surface area contributed by atoms with E-state index in [0.717, 1.165) is 0 Å². The fourth-order valence-electron chi connectivity index (χ4n) is 1.82. The first kappa shape index (κ1) is 16.6. The van der Waals surface area contributed by atoms with Crippen molar-refractivity contribution in [1.82, 2.24) is 0 Å². The van der Waals surface area contributed by atoms with Crippen molar-refractivity contribution >= 4 is 39.1 Å². The highest BCUT2D eigenvalue weighted by atomic mass is 79.9. The SMILES string of the molecule is Cc1cc(Oc2cc(Cl)c(Br)cc2Cl)c([C@H](C)N)cc1F. The lowest BCUT2D eigenvalue weighted by atomic mass is 10.1. The van der Waals surface area contributed by atoms with Gasteiger partial charge in [0.1, 0.15) is 17.3 Å². The van der Waals surface area contributed by atoms with Gasteiger partial charge in [0.2, 0.25) is 0 Å². The molecule has 0 amide bonds.